The van der Waals surface area contributed by atoms with Crippen LogP contribution in [-0.4, -0.2) is 44.4 Å². The molecule has 0 aliphatic rings. The van der Waals surface area contributed by atoms with Gasteiger partial charge in [0.05, 0.1) is 22.3 Å². The normalized spacial score (nSPS) is 11.2. The van der Waals surface area contributed by atoms with Gasteiger partial charge in [-0.1, -0.05) is 11.8 Å². The van der Waals surface area contributed by atoms with Crippen molar-refractivity contribution in [3.63, 3.8) is 0 Å². The zero-order valence-corrected chi connectivity index (χ0v) is 18.9. The van der Waals surface area contributed by atoms with Gasteiger partial charge in [-0.25, -0.2) is 4.79 Å². The minimum Gasteiger partial charge on any atom is -0.459 e. The van der Waals surface area contributed by atoms with E-state index < -0.39 is 11.9 Å². The Bertz CT molecular complexity index is 933. The van der Waals surface area contributed by atoms with Crippen LogP contribution in [0.15, 0.2) is 5.16 Å². The van der Waals surface area contributed by atoms with Crippen LogP contribution in [0.1, 0.15) is 65.2 Å². The van der Waals surface area contributed by atoms with E-state index in [2.05, 4.69) is 15.5 Å². The highest BCUT2D eigenvalue weighted by atomic mass is 32.2. The SMILES string of the molecule is Cc1c(C(N)=O)sc(NC(=O)CSc2nnc(C)n2C(C)C)c1C(=O)OC(C)C. The van der Waals surface area contributed by atoms with Crippen molar-refractivity contribution in [3.05, 3.63) is 21.8 Å². The minimum absolute atomic E-state index is 0.0619. The van der Waals surface area contributed by atoms with Crippen LogP contribution < -0.4 is 11.1 Å². The monoisotopic (exact) mass is 439 g/mol. The number of thioether (sulfide) groups is 1. The summed E-state index contributed by atoms with van der Waals surface area (Å²) < 4.78 is 7.18. The van der Waals surface area contributed by atoms with Crippen molar-refractivity contribution in [1.82, 2.24) is 14.8 Å². The molecular weight excluding hydrogens is 414 g/mol. The number of nitrogens with two attached hydrogens (primary N) is 1. The molecule has 0 saturated carbocycles. The van der Waals surface area contributed by atoms with Gasteiger partial charge in [0.15, 0.2) is 5.16 Å². The first-order valence-corrected chi connectivity index (χ1v) is 10.8. The number of primary amides is 1. The highest BCUT2D eigenvalue weighted by Crippen LogP contribution is 2.34. The molecule has 0 spiro atoms. The third-order valence-corrected chi connectivity index (χ3v) is 6.02. The Kier molecular flexibility index (Phi) is 7.42. The topological polar surface area (TPSA) is 129 Å². The molecule has 158 valence electrons. The summed E-state index contributed by atoms with van der Waals surface area (Å²) >= 11 is 2.20. The van der Waals surface area contributed by atoms with Crippen molar-refractivity contribution in [1.29, 1.82) is 0 Å². The first-order chi connectivity index (χ1) is 13.5. The summed E-state index contributed by atoms with van der Waals surface area (Å²) in [6, 6.07) is 0.158. The number of anilines is 1. The third kappa shape index (κ3) is 5.36. The maximum atomic E-state index is 12.5. The van der Waals surface area contributed by atoms with Crippen molar-refractivity contribution in [2.24, 2.45) is 5.73 Å². The molecule has 0 fully saturated rings. The van der Waals surface area contributed by atoms with Gasteiger partial charge in [-0.3, -0.25) is 9.59 Å². The van der Waals surface area contributed by atoms with Crippen molar-refractivity contribution in [2.75, 3.05) is 11.1 Å². The smallest absolute Gasteiger partial charge is 0.341 e. The summed E-state index contributed by atoms with van der Waals surface area (Å²) in [6.45, 7) is 10.9. The van der Waals surface area contributed by atoms with Crippen LogP contribution in [0.2, 0.25) is 0 Å². The number of nitrogens with one attached hydrogen (secondary N) is 1. The molecule has 0 bridgehead atoms. The Morgan fingerprint density at radius 1 is 1.21 bits per heavy atom. The molecule has 2 rings (SSSR count). The second kappa shape index (κ2) is 9.40. The molecule has 2 aromatic rings. The van der Waals surface area contributed by atoms with Gasteiger partial charge in [0, 0.05) is 6.04 Å². The number of nitrogens with zero attached hydrogens (tertiary/aromatic N) is 3. The average molecular weight is 440 g/mol. The van der Waals surface area contributed by atoms with E-state index in [0.717, 1.165) is 17.2 Å². The van der Waals surface area contributed by atoms with Crippen LogP contribution in [0, 0.1) is 13.8 Å². The van der Waals surface area contributed by atoms with Gasteiger partial charge < -0.3 is 20.4 Å². The fourth-order valence-corrected chi connectivity index (χ4v) is 4.67. The highest BCUT2D eigenvalue weighted by Gasteiger charge is 2.26. The lowest BCUT2D eigenvalue weighted by atomic mass is 10.1. The van der Waals surface area contributed by atoms with E-state index in [9.17, 15) is 14.4 Å². The molecule has 0 unspecified atom stereocenters. The van der Waals surface area contributed by atoms with Crippen LogP contribution in [0.3, 0.4) is 0 Å². The number of ether oxygens (including phenoxy) is 1. The van der Waals surface area contributed by atoms with E-state index in [1.54, 1.807) is 20.8 Å². The van der Waals surface area contributed by atoms with Gasteiger partial charge in [-0.15, -0.1) is 21.5 Å². The molecule has 11 heteroatoms. The van der Waals surface area contributed by atoms with E-state index in [0.29, 0.717) is 10.7 Å². The van der Waals surface area contributed by atoms with Crippen LogP contribution in [0.25, 0.3) is 0 Å². The molecule has 0 aliphatic heterocycles. The molecule has 0 aliphatic carbocycles. The molecule has 0 saturated heterocycles. The fourth-order valence-electron chi connectivity index (χ4n) is 2.69. The van der Waals surface area contributed by atoms with Gasteiger partial charge in [0.1, 0.15) is 10.8 Å². The van der Waals surface area contributed by atoms with Gasteiger partial charge in [-0.2, -0.15) is 0 Å². The van der Waals surface area contributed by atoms with Crippen LogP contribution in [0.5, 0.6) is 0 Å². The van der Waals surface area contributed by atoms with Gasteiger partial charge in [-0.05, 0) is 47.1 Å². The Hall–Kier alpha value is -2.40. The summed E-state index contributed by atoms with van der Waals surface area (Å²) in [5, 5.41) is 11.7. The number of rotatable bonds is 8. The number of aryl methyl sites for hydroxylation is 1. The molecule has 0 radical (unpaired) electrons. The first-order valence-electron chi connectivity index (χ1n) is 9.01. The van der Waals surface area contributed by atoms with E-state index in [-0.39, 0.29) is 39.2 Å². The molecule has 2 aromatic heterocycles. The van der Waals surface area contributed by atoms with Crippen molar-refractivity contribution in [3.8, 4) is 0 Å². The Balaban J connectivity index is 2.20. The van der Waals surface area contributed by atoms with Crippen molar-refractivity contribution in [2.45, 2.75) is 58.8 Å². The quantitative estimate of drug-likeness (QED) is 0.478. The molecule has 9 nitrogen and oxygen atoms in total. The second-order valence-corrected chi connectivity index (χ2v) is 8.87. The highest BCUT2D eigenvalue weighted by molar-refractivity contribution is 7.99. The maximum Gasteiger partial charge on any atom is 0.341 e. The number of aromatic nitrogens is 3. The molecule has 2 amide bonds. The lowest BCUT2D eigenvalue weighted by molar-refractivity contribution is -0.113. The standard InChI is InChI=1S/C18H25N5O4S2/c1-8(2)23-11(6)21-22-18(23)28-7-12(24)20-16-13(17(26)27-9(3)4)10(5)14(29-16)15(19)25/h8-9H,7H2,1-6H3,(H2,19,25)(H,20,24). The van der Waals surface area contributed by atoms with Crippen LogP contribution in [0.4, 0.5) is 5.00 Å². The number of hydrogen-bond donors (Lipinski definition) is 2. The van der Waals surface area contributed by atoms with Gasteiger partial charge in [0.2, 0.25) is 5.91 Å². The lowest BCUT2D eigenvalue weighted by Crippen LogP contribution is -2.18. The Labute approximate surface area is 177 Å². The van der Waals surface area contributed by atoms with Crippen molar-refractivity contribution < 1.29 is 19.1 Å². The van der Waals surface area contributed by atoms with Crippen LogP contribution >= 0.6 is 23.1 Å². The van der Waals surface area contributed by atoms with Gasteiger partial charge >= 0.3 is 5.97 Å². The van der Waals surface area contributed by atoms with Crippen LogP contribution in [-0.2, 0) is 9.53 Å². The molecule has 0 atom stereocenters. The number of esters is 1. The van der Waals surface area contributed by atoms with E-state index >= 15 is 0 Å². The number of carbonyl (C=O) groups is 3. The predicted molar refractivity (Wildman–Crippen MR) is 113 cm³/mol. The largest absolute Gasteiger partial charge is 0.459 e. The molecule has 0 aromatic carbocycles. The molecule has 3 N–H and O–H groups in total. The first kappa shape index (κ1) is 22.9. The molecule has 29 heavy (non-hydrogen) atoms. The fraction of sp³-hybridized carbons (Fsp3) is 0.500. The summed E-state index contributed by atoms with van der Waals surface area (Å²) in [5.41, 5.74) is 5.94. The van der Waals surface area contributed by atoms with Gasteiger partial charge in [0.25, 0.3) is 5.91 Å². The summed E-state index contributed by atoms with van der Waals surface area (Å²) in [5.74, 6) is -0.795. The number of hydrogen-bond acceptors (Lipinski definition) is 8. The number of amides is 2. The maximum absolute atomic E-state index is 12.5. The second-order valence-electron chi connectivity index (χ2n) is 6.91. The van der Waals surface area contributed by atoms with E-state index in [1.807, 2.05) is 25.3 Å². The lowest BCUT2D eigenvalue weighted by Gasteiger charge is -2.12. The number of carbonyl (C=O) groups excluding carboxylic acids is 3. The van der Waals surface area contributed by atoms with E-state index in [1.165, 1.54) is 11.8 Å². The summed E-state index contributed by atoms with van der Waals surface area (Å²) in [7, 11) is 0. The molecule has 2 heterocycles. The zero-order chi connectivity index (χ0) is 21.9. The van der Waals surface area contributed by atoms with E-state index in [4.69, 9.17) is 10.5 Å². The average Bonchev–Trinajstić information content (AvgIpc) is 3.12. The molecular formula is C18H25N5O4S2. The number of thiophene rings is 1. The Morgan fingerprint density at radius 2 is 1.86 bits per heavy atom. The Morgan fingerprint density at radius 3 is 2.41 bits per heavy atom. The summed E-state index contributed by atoms with van der Waals surface area (Å²) in [6.07, 6.45) is -0.344. The third-order valence-electron chi connectivity index (χ3n) is 3.85. The predicted octanol–water partition coefficient (Wildman–Crippen LogP) is 2.93. The summed E-state index contributed by atoms with van der Waals surface area (Å²) in [4.78, 5) is 36.9. The zero-order valence-electron chi connectivity index (χ0n) is 17.2. The minimum atomic E-state index is -0.665. The van der Waals surface area contributed by atoms with Crippen molar-refractivity contribution >= 4 is 45.9 Å².